The fourth-order valence-corrected chi connectivity index (χ4v) is 3.50. The summed E-state index contributed by atoms with van der Waals surface area (Å²) in [5.74, 6) is -0.477. The minimum atomic E-state index is -0.265. The zero-order valence-corrected chi connectivity index (χ0v) is 17.4. The second-order valence-corrected chi connectivity index (χ2v) is 7.40. The van der Waals surface area contributed by atoms with Crippen molar-refractivity contribution in [3.05, 3.63) is 45.9 Å². The monoisotopic (exact) mass is 408 g/mol. The molecule has 2 rings (SSSR count). The summed E-state index contributed by atoms with van der Waals surface area (Å²) in [5, 5.41) is 5.66. The molecule has 0 radical (unpaired) electrons. The lowest BCUT2D eigenvalue weighted by molar-refractivity contribution is -0.116. The molecule has 2 aromatic rings. The number of hydrogen-bond donors (Lipinski definition) is 1. The van der Waals surface area contributed by atoms with Crippen molar-refractivity contribution < 1.29 is 9.59 Å². The van der Waals surface area contributed by atoms with Crippen molar-refractivity contribution in [3.63, 3.8) is 0 Å². The number of aromatic nitrogens is 1. The Morgan fingerprint density at radius 1 is 1.22 bits per heavy atom. The summed E-state index contributed by atoms with van der Waals surface area (Å²) in [6.45, 7) is 8.91. The number of aryl methyl sites for hydroxylation is 1. The van der Waals surface area contributed by atoms with Crippen molar-refractivity contribution >= 4 is 39.9 Å². The van der Waals surface area contributed by atoms with Crippen LogP contribution in [0.4, 0.5) is 5.13 Å². The van der Waals surface area contributed by atoms with Crippen molar-refractivity contribution in [1.29, 1.82) is 0 Å². The molecule has 1 aromatic carbocycles. The number of carbonyl (C=O) groups is 2. The van der Waals surface area contributed by atoms with E-state index in [1.165, 1.54) is 11.3 Å². The van der Waals surface area contributed by atoms with Crippen molar-refractivity contribution in [1.82, 2.24) is 14.8 Å². The van der Waals surface area contributed by atoms with Gasteiger partial charge in [0.05, 0.1) is 5.69 Å². The summed E-state index contributed by atoms with van der Waals surface area (Å²) in [6, 6.07) is 6.78. The number of thiazole rings is 1. The van der Waals surface area contributed by atoms with Crippen LogP contribution in [-0.2, 0) is 4.79 Å². The third-order valence-electron chi connectivity index (χ3n) is 4.14. The maximum atomic E-state index is 12.9. The average molecular weight is 409 g/mol. The summed E-state index contributed by atoms with van der Waals surface area (Å²) < 4.78 is 0. The Balaban J connectivity index is 2.10. The zero-order chi connectivity index (χ0) is 19.8. The van der Waals surface area contributed by atoms with E-state index >= 15 is 0 Å². The van der Waals surface area contributed by atoms with Crippen molar-refractivity contribution in [2.75, 3.05) is 38.0 Å². The molecule has 6 nitrogen and oxygen atoms in total. The number of nitrogens with zero attached hydrogens (tertiary/aromatic N) is 3. The number of halogens is 1. The molecule has 0 aliphatic heterocycles. The van der Waals surface area contributed by atoms with Crippen LogP contribution >= 0.6 is 22.9 Å². The SMILES string of the molecule is CCN(CC)CCN(CC(=O)Nc1nc(C)cs1)C(=O)c1cccc(Cl)c1. The van der Waals surface area contributed by atoms with E-state index < -0.39 is 0 Å². The lowest BCUT2D eigenvalue weighted by Crippen LogP contribution is -2.42. The maximum absolute atomic E-state index is 12.9. The van der Waals surface area contributed by atoms with Gasteiger partial charge in [-0.05, 0) is 38.2 Å². The fourth-order valence-electron chi connectivity index (χ4n) is 2.60. The molecular weight excluding hydrogens is 384 g/mol. The van der Waals surface area contributed by atoms with Gasteiger partial charge in [-0.3, -0.25) is 9.59 Å². The molecule has 1 heterocycles. The standard InChI is InChI=1S/C19H25ClN4O2S/c1-4-23(5-2)9-10-24(18(26)15-7-6-8-16(20)11-15)12-17(25)22-19-21-14(3)13-27-19/h6-8,11,13H,4-5,9-10,12H2,1-3H3,(H,21,22,25). The Morgan fingerprint density at radius 3 is 2.56 bits per heavy atom. The topological polar surface area (TPSA) is 65.5 Å². The summed E-state index contributed by atoms with van der Waals surface area (Å²) in [7, 11) is 0. The molecule has 1 aromatic heterocycles. The van der Waals surface area contributed by atoms with Crippen LogP contribution in [0.15, 0.2) is 29.6 Å². The molecule has 146 valence electrons. The zero-order valence-electron chi connectivity index (χ0n) is 15.9. The highest BCUT2D eigenvalue weighted by molar-refractivity contribution is 7.13. The van der Waals surface area contributed by atoms with E-state index in [1.807, 2.05) is 12.3 Å². The molecule has 0 aliphatic carbocycles. The summed E-state index contributed by atoms with van der Waals surface area (Å²) in [5.41, 5.74) is 1.32. The predicted octanol–water partition coefficient (Wildman–Crippen LogP) is 3.53. The molecule has 0 saturated heterocycles. The van der Waals surface area contributed by atoms with Crippen LogP contribution in [-0.4, -0.2) is 59.3 Å². The summed E-state index contributed by atoms with van der Waals surface area (Å²) >= 11 is 7.38. The molecule has 1 N–H and O–H groups in total. The van der Waals surface area contributed by atoms with Gasteiger partial charge in [0.2, 0.25) is 5.91 Å². The molecule has 0 spiro atoms. The Hall–Kier alpha value is -1.96. The van der Waals surface area contributed by atoms with E-state index in [1.54, 1.807) is 29.2 Å². The Morgan fingerprint density at radius 2 is 1.96 bits per heavy atom. The third kappa shape index (κ3) is 6.61. The van der Waals surface area contributed by atoms with Crippen LogP contribution in [0.3, 0.4) is 0 Å². The van der Waals surface area contributed by atoms with Gasteiger partial charge in [-0.25, -0.2) is 4.98 Å². The quantitative estimate of drug-likeness (QED) is 0.689. The second-order valence-electron chi connectivity index (χ2n) is 6.11. The largest absolute Gasteiger partial charge is 0.328 e. The van der Waals surface area contributed by atoms with Crippen LogP contribution in [0.25, 0.3) is 0 Å². The number of amides is 2. The van der Waals surface area contributed by atoms with Gasteiger partial charge in [0.1, 0.15) is 6.54 Å². The highest BCUT2D eigenvalue weighted by Crippen LogP contribution is 2.15. The lowest BCUT2D eigenvalue weighted by atomic mass is 10.2. The van der Waals surface area contributed by atoms with Gasteiger partial charge in [0, 0.05) is 29.1 Å². The molecule has 8 heteroatoms. The predicted molar refractivity (Wildman–Crippen MR) is 111 cm³/mol. The van der Waals surface area contributed by atoms with Crippen LogP contribution < -0.4 is 5.32 Å². The van der Waals surface area contributed by atoms with E-state index in [2.05, 4.69) is 29.0 Å². The first-order valence-electron chi connectivity index (χ1n) is 8.92. The summed E-state index contributed by atoms with van der Waals surface area (Å²) in [4.78, 5) is 33.4. The van der Waals surface area contributed by atoms with E-state index in [0.717, 1.165) is 18.8 Å². The van der Waals surface area contributed by atoms with E-state index in [-0.39, 0.29) is 18.4 Å². The van der Waals surface area contributed by atoms with Gasteiger partial charge in [-0.1, -0.05) is 31.5 Å². The minimum Gasteiger partial charge on any atom is -0.328 e. The van der Waals surface area contributed by atoms with Crippen LogP contribution in [0, 0.1) is 6.92 Å². The number of hydrogen-bond acceptors (Lipinski definition) is 5. The van der Waals surface area contributed by atoms with Crippen LogP contribution in [0.1, 0.15) is 29.9 Å². The number of rotatable bonds is 9. The Kier molecular flexibility index (Phi) is 8.22. The van der Waals surface area contributed by atoms with Gasteiger partial charge in [0.15, 0.2) is 5.13 Å². The molecule has 0 unspecified atom stereocenters. The molecule has 0 aliphatic rings. The van der Waals surface area contributed by atoms with E-state index in [9.17, 15) is 9.59 Å². The van der Waals surface area contributed by atoms with Crippen molar-refractivity contribution in [2.24, 2.45) is 0 Å². The van der Waals surface area contributed by atoms with E-state index in [4.69, 9.17) is 11.6 Å². The van der Waals surface area contributed by atoms with Gasteiger partial charge >= 0.3 is 0 Å². The maximum Gasteiger partial charge on any atom is 0.254 e. The molecule has 0 fully saturated rings. The number of likely N-dealkylation sites (N-methyl/N-ethyl adjacent to an activating group) is 1. The first kappa shape index (κ1) is 21.3. The van der Waals surface area contributed by atoms with E-state index in [0.29, 0.717) is 28.8 Å². The lowest BCUT2D eigenvalue weighted by Gasteiger charge is -2.26. The number of carbonyl (C=O) groups excluding carboxylic acids is 2. The average Bonchev–Trinajstić information content (AvgIpc) is 3.05. The molecule has 0 saturated carbocycles. The number of nitrogens with one attached hydrogen (secondary N) is 1. The third-order valence-corrected chi connectivity index (χ3v) is 5.25. The first-order chi connectivity index (χ1) is 12.9. The fraction of sp³-hybridized carbons (Fsp3) is 0.421. The number of anilines is 1. The minimum absolute atomic E-state index is 0.0365. The van der Waals surface area contributed by atoms with Crippen molar-refractivity contribution in [3.8, 4) is 0 Å². The van der Waals surface area contributed by atoms with Crippen LogP contribution in [0.2, 0.25) is 5.02 Å². The van der Waals surface area contributed by atoms with Crippen molar-refractivity contribution in [2.45, 2.75) is 20.8 Å². The van der Waals surface area contributed by atoms with Gasteiger partial charge < -0.3 is 15.1 Å². The van der Waals surface area contributed by atoms with Gasteiger partial charge in [0.25, 0.3) is 5.91 Å². The second kappa shape index (κ2) is 10.4. The first-order valence-corrected chi connectivity index (χ1v) is 10.2. The van der Waals surface area contributed by atoms with Crippen LogP contribution in [0.5, 0.6) is 0 Å². The van der Waals surface area contributed by atoms with Gasteiger partial charge in [-0.15, -0.1) is 11.3 Å². The normalized spacial score (nSPS) is 10.9. The molecular formula is C19H25ClN4O2S. The highest BCUT2D eigenvalue weighted by Gasteiger charge is 2.20. The molecule has 0 bridgehead atoms. The highest BCUT2D eigenvalue weighted by atomic mass is 35.5. The number of benzene rings is 1. The Labute approximate surface area is 169 Å². The molecule has 0 atom stereocenters. The Bertz CT molecular complexity index is 777. The molecule has 2 amide bonds. The van der Waals surface area contributed by atoms with Gasteiger partial charge in [-0.2, -0.15) is 0 Å². The smallest absolute Gasteiger partial charge is 0.254 e. The summed E-state index contributed by atoms with van der Waals surface area (Å²) in [6.07, 6.45) is 0. The molecule has 27 heavy (non-hydrogen) atoms.